The van der Waals surface area contributed by atoms with E-state index < -0.39 is 0 Å². The van der Waals surface area contributed by atoms with E-state index in [-0.39, 0.29) is 6.10 Å². The molecule has 0 amide bonds. The van der Waals surface area contributed by atoms with Gasteiger partial charge in [-0.1, -0.05) is 11.3 Å². The molecule has 6 rings (SSSR count). The Labute approximate surface area is 257 Å². The molecule has 12 heteroatoms. The van der Waals surface area contributed by atoms with Gasteiger partial charge in [-0.05, 0) is 49.6 Å². The van der Waals surface area contributed by atoms with Gasteiger partial charge in [0.05, 0.1) is 44.3 Å². The van der Waals surface area contributed by atoms with Crippen LogP contribution < -0.4 is 19.7 Å². The molecule has 2 aliphatic heterocycles. The van der Waals surface area contributed by atoms with Crippen LogP contribution in [0.4, 0.5) is 17.3 Å². The number of hydrogen-bond acceptors (Lipinski definition) is 11. The molecule has 0 spiro atoms. The van der Waals surface area contributed by atoms with Gasteiger partial charge in [-0.2, -0.15) is 5.26 Å². The maximum absolute atomic E-state index is 9.61. The van der Waals surface area contributed by atoms with E-state index in [0.717, 1.165) is 80.5 Å². The Bertz CT molecular complexity index is 1560. The van der Waals surface area contributed by atoms with Crippen LogP contribution in [0.25, 0.3) is 11.1 Å². The van der Waals surface area contributed by atoms with Gasteiger partial charge in [0.1, 0.15) is 23.7 Å². The Balaban J connectivity index is 1.10. The highest BCUT2D eigenvalue weighted by Gasteiger charge is 2.26. The molecule has 12 nitrogen and oxygen atoms in total. The third kappa shape index (κ3) is 6.90. The average Bonchev–Trinajstić information content (AvgIpc) is 3.58. The second-order valence-corrected chi connectivity index (χ2v) is 11.0. The van der Waals surface area contributed by atoms with Gasteiger partial charge in [0.2, 0.25) is 5.95 Å². The molecule has 4 aromatic rings. The molecule has 1 atom stereocenters. The summed E-state index contributed by atoms with van der Waals surface area (Å²) in [5.41, 5.74) is 4.05. The molecule has 2 fully saturated rings. The predicted octanol–water partition coefficient (Wildman–Crippen LogP) is 4.13. The molecule has 0 radical (unpaired) electrons. The van der Waals surface area contributed by atoms with Crippen molar-refractivity contribution < 1.29 is 14.2 Å². The highest BCUT2D eigenvalue weighted by atomic mass is 16.5. The van der Waals surface area contributed by atoms with E-state index in [1.54, 1.807) is 42.6 Å². The lowest BCUT2D eigenvalue weighted by atomic mass is 10.0. The lowest BCUT2D eigenvalue weighted by Crippen LogP contribution is -2.49. The quantitative estimate of drug-likeness (QED) is 0.284. The summed E-state index contributed by atoms with van der Waals surface area (Å²) in [6.07, 6.45) is 8.97. The molecule has 0 saturated carbocycles. The van der Waals surface area contributed by atoms with Crippen molar-refractivity contribution in [2.75, 3.05) is 56.7 Å². The molecule has 44 heavy (non-hydrogen) atoms. The molecule has 228 valence electrons. The second-order valence-electron chi connectivity index (χ2n) is 11.0. The number of ether oxygens (including phenoxy) is 3. The van der Waals surface area contributed by atoms with Gasteiger partial charge >= 0.3 is 0 Å². The fraction of sp³-hybridized carbons (Fsp3) is 0.406. The van der Waals surface area contributed by atoms with Gasteiger partial charge in [-0.15, -0.1) is 5.10 Å². The van der Waals surface area contributed by atoms with Gasteiger partial charge in [-0.25, -0.2) is 14.6 Å². The number of benzene rings is 2. The van der Waals surface area contributed by atoms with Crippen LogP contribution in [0.3, 0.4) is 0 Å². The van der Waals surface area contributed by atoms with Gasteiger partial charge in [0.15, 0.2) is 0 Å². The lowest BCUT2D eigenvalue weighted by Gasteiger charge is -2.40. The fourth-order valence-corrected chi connectivity index (χ4v) is 5.81. The number of nitriles is 1. The monoisotopic (exact) mass is 595 g/mol. The van der Waals surface area contributed by atoms with Crippen molar-refractivity contribution in [3.05, 3.63) is 66.7 Å². The molecule has 0 bridgehead atoms. The number of nitrogens with one attached hydrogen (secondary N) is 1. The van der Waals surface area contributed by atoms with Crippen molar-refractivity contribution in [3.8, 4) is 28.7 Å². The minimum Gasteiger partial charge on any atom is -0.494 e. The molecule has 1 N–H and O–H groups in total. The predicted molar refractivity (Wildman–Crippen MR) is 166 cm³/mol. The first-order valence-corrected chi connectivity index (χ1v) is 15.0. The van der Waals surface area contributed by atoms with E-state index in [2.05, 4.69) is 53.6 Å². The zero-order valence-corrected chi connectivity index (χ0v) is 25.1. The fourth-order valence-electron chi connectivity index (χ4n) is 5.81. The summed E-state index contributed by atoms with van der Waals surface area (Å²) in [4.78, 5) is 14.1. The number of anilines is 3. The van der Waals surface area contributed by atoms with Crippen molar-refractivity contribution in [2.45, 2.75) is 38.5 Å². The first-order valence-electron chi connectivity index (χ1n) is 15.0. The third-order valence-electron chi connectivity index (χ3n) is 8.15. The van der Waals surface area contributed by atoms with Crippen LogP contribution in [0.2, 0.25) is 0 Å². The van der Waals surface area contributed by atoms with Crippen LogP contribution in [-0.2, 0) is 11.3 Å². The van der Waals surface area contributed by atoms with E-state index in [9.17, 15) is 5.26 Å². The molecule has 0 aliphatic carbocycles. The third-order valence-corrected chi connectivity index (χ3v) is 8.15. The average molecular weight is 596 g/mol. The Morgan fingerprint density at radius 3 is 2.52 bits per heavy atom. The first kappa shape index (κ1) is 29.3. The highest BCUT2D eigenvalue weighted by Crippen LogP contribution is 2.33. The number of morpholine rings is 1. The van der Waals surface area contributed by atoms with Crippen LogP contribution >= 0.6 is 0 Å². The molecule has 2 aromatic heterocycles. The normalized spacial score (nSPS) is 16.7. The van der Waals surface area contributed by atoms with Gasteiger partial charge in [0, 0.05) is 68.1 Å². The largest absolute Gasteiger partial charge is 0.494 e. The minimum atomic E-state index is -0.217. The maximum atomic E-state index is 9.61. The lowest BCUT2D eigenvalue weighted by molar-refractivity contribution is 0.0115. The van der Waals surface area contributed by atoms with Gasteiger partial charge in [-0.3, -0.25) is 4.90 Å². The molecular formula is C32H37N9O3. The molecule has 4 heterocycles. The molecule has 2 saturated heterocycles. The standard InChI is InChI=1S/C32H37N9O3/c1-23(22-41-12-9-36-38-41)44-30-17-24(3-4-25(30)19-33)26-20-34-32(35-21-26)37-29-6-5-28(18-31(29)42-2)39-10-7-27(8-11-39)40-13-15-43-16-14-40/h3-6,9,12,17-18,20-21,23,27H,7-8,10-11,13-16,22H2,1-2H3,(H,34,35,37). The molecule has 2 aromatic carbocycles. The second kappa shape index (κ2) is 13.7. The first-order chi connectivity index (χ1) is 21.6. The summed E-state index contributed by atoms with van der Waals surface area (Å²) >= 11 is 0. The van der Waals surface area contributed by atoms with Crippen LogP contribution in [-0.4, -0.2) is 88.5 Å². The van der Waals surface area contributed by atoms with E-state index in [4.69, 9.17) is 14.2 Å². The summed E-state index contributed by atoms with van der Waals surface area (Å²) in [6.45, 7) is 8.23. The number of hydrogen-bond donors (Lipinski definition) is 1. The molecule has 2 aliphatic rings. The maximum Gasteiger partial charge on any atom is 0.227 e. The summed E-state index contributed by atoms with van der Waals surface area (Å²) < 4.78 is 19.1. The Kier molecular flexibility index (Phi) is 9.14. The van der Waals surface area contributed by atoms with Crippen molar-refractivity contribution in [1.82, 2.24) is 29.9 Å². The summed E-state index contributed by atoms with van der Waals surface area (Å²) in [5, 5.41) is 20.7. The van der Waals surface area contributed by atoms with Crippen LogP contribution in [0, 0.1) is 11.3 Å². The SMILES string of the molecule is COc1cc(N2CCC(N3CCOCC3)CC2)ccc1Nc1ncc(-c2ccc(C#N)c(OC(C)Cn3ccnn3)c2)cn1. The number of aromatic nitrogens is 5. The van der Waals surface area contributed by atoms with Gasteiger partial charge < -0.3 is 24.4 Å². The smallest absolute Gasteiger partial charge is 0.227 e. The Morgan fingerprint density at radius 1 is 1.02 bits per heavy atom. The zero-order chi connectivity index (χ0) is 30.3. The van der Waals surface area contributed by atoms with Crippen LogP contribution in [0.5, 0.6) is 11.5 Å². The molecule has 1 unspecified atom stereocenters. The van der Waals surface area contributed by atoms with Crippen LogP contribution in [0.1, 0.15) is 25.3 Å². The Morgan fingerprint density at radius 2 is 1.82 bits per heavy atom. The summed E-state index contributed by atoms with van der Waals surface area (Å²) in [5.74, 6) is 1.69. The summed E-state index contributed by atoms with van der Waals surface area (Å²) in [6, 6.07) is 14.5. The highest BCUT2D eigenvalue weighted by molar-refractivity contribution is 5.70. The zero-order valence-electron chi connectivity index (χ0n) is 25.1. The van der Waals surface area contributed by atoms with Crippen molar-refractivity contribution in [1.29, 1.82) is 5.26 Å². The van der Waals surface area contributed by atoms with E-state index in [1.807, 2.05) is 25.1 Å². The number of rotatable bonds is 10. The van der Waals surface area contributed by atoms with E-state index in [0.29, 0.717) is 29.8 Å². The van der Waals surface area contributed by atoms with Crippen molar-refractivity contribution in [3.63, 3.8) is 0 Å². The number of nitrogens with zero attached hydrogens (tertiary/aromatic N) is 8. The van der Waals surface area contributed by atoms with Crippen LogP contribution in [0.15, 0.2) is 61.2 Å². The number of piperidine rings is 1. The summed E-state index contributed by atoms with van der Waals surface area (Å²) in [7, 11) is 1.68. The Hall–Kier alpha value is -4.73. The number of methoxy groups -OCH3 is 1. The van der Waals surface area contributed by atoms with Crippen molar-refractivity contribution >= 4 is 17.3 Å². The van der Waals surface area contributed by atoms with E-state index >= 15 is 0 Å². The molecular weight excluding hydrogens is 558 g/mol. The topological polar surface area (TPSA) is 126 Å². The van der Waals surface area contributed by atoms with Crippen molar-refractivity contribution in [2.24, 2.45) is 0 Å². The van der Waals surface area contributed by atoms with E-state index in [1.165, 1.54) is 0 Å². The minimum absolute atomic E-state index is 0.217. The van der Waals surface area contributed by atoms with Gasteiger partial charge in [0.25, 0.3) is 0 Å².